The molecule has 1 heterocycles. The highest BCUT2D eigenvalue weighted by Crippen LogP contribution is 2.32. The Morgan fingerprint density at radius 1 is 0.857 bits per heavy atom. The number of amides is 2. The van der Waals surface area contributed by atoms with Crippen molar-refractivity contribution in [2.75, 3.05) is 13.1 Å². The summed E-state index contributed by atoms with van der Waals surface area (Å²) in [5.41, 5.74) is 3.06. The molecule has 0 aromatic heterocycles. The van der Waals surface area contributed by atoms with E-state index in [0.29, 0.717) is 29.9 Å². The predicted octanol–water partition coefficient (Wildman–Crippen LogP) is 3.81. The number of carbonyl (C=O) groups excluding carboxylic acids is 2. The highest BCUT2D eigenvalue weighted by atomic mass is 16.2. The number of carbonyl (C=O) groups is 2. The minimum Gasteiger partial charge on any atom is -0.348 e. The van der Waals surface area contributed by atoms with E-state index in [4.69, 9.17) is 0 Å². The van der Waals surface area contributed by atoms with Crippen molar-refractivity contribution in [3.63, 3.8) is 0 Å². The number of hydrogen-bond acceptors (Lipinski definition) is 2. The molecule has 1 aliphatic heterocycles. The maximum atomic E-state index is 12.3. The number of nitrogens with one attached hydrogen (secondary N) is 1. The van der Waals surface area contributed by atoms with Gasteiger partial charge in [-0.2, -0.15) is 0 Å². The zero-order valence-corrected chi connectivity index (χ0v) is 16.3. The van der Waals surface area contributed by atoms with Crippen molar-refractivity contribution in [2.45, 2.75) is 38.6 Å². The Hall–Kier alpha value is -2.62. The van der Waals surface area contributed by atoms with Crippen molar-refractivity contribution in [3.8, 4) is 0 Å². The molecule has 146 valence electrons. The summed E-state index contributed by atoms with van der Waals surface area (Å²) in [6, 6.07) is 17.9. The number of rotatable bonds is 6. The van der Waals surface area contributed by atoms with Gasteiger partial charge in [-0.3, -0.25) is 9.59 Å². The smallest absolute Gasteiger partial charge is 0.251 e. The van der Waals surface area contributed by atoms with Crippen molar-refractivity contribution in [3.05, 3.63) is 71.3 Å². The maximum Gasteiger partial charge on any atom is 0.251 e. The molecule has 4 heteroatoms. The van der Waals surface area contributed by atoms with Gasteiger partial charge in [0.1, 0.15) is 0 Å². The first-order chi connectivity index (χ1) is 13.7. The summed E-state index contributed by atoms with van der Waals surface area (Å²) in [6.45, 7) is 2.35. The zero-order chi connectivity index (χ0) is 19.3. The minimum atomic E-state index is -0.0395. The van der Waals surface area contributed by atoms with Crippen LogP contribution in [0.15, 0.2) is 54.6 Å². The minimum absolute atomic E-state index is 0.0395. The van der Waals surface area contributed by atoms with Gasteiger partial charge in [0, 0.05) is 31.1 Å². The fourth-order valence-corrected chi connectivity index (χ4v) is 3.95. The molecular weight excluding hydrogens is 348 g/mol. The van der Waals surface area contributed by atoms with Crippen LogP contribution in [-0.4, -0.2) is 29.8 Å². The molecule has 1 N–H and O–H groups in total. The molecule has 0 unspecified atom stereocenters. The Morgan fingerprint density at radius 2 is 1.54 bits per heavy atom. The molecule has 4 rings (SSSR count). The number of likely N-dealkylation sites (tertiary alicyclic amines) is 1. The lowest BCUT2D eigenvalue weighted by atomic mass is 9.89. The molecular formula is C24H28N2O2. The van der Waals surface area contributed by atoms with Crippen LogP contribution in [0.2, 0.25) is 0 Å². The van der Waals surface area contributed by atoms with Crippen molar-refractivity contribution in [2.24, 2.45) is 11.8 Å². The first kappa shape index (κ1) is 18.7. The summed E-state index contributed by atoms with van der Waals surface area (Å²) in [6.07, 6.45) is 5.36. The molecule has 2 aromatic rings. The van der Waals surface area contributed by atoms with E-state index in [-0.39, 0.29) is 5.91 Å². The molecule has 0 radical (unpaired) electrons. The van der Waals surface area contributed by atoms with Gasteiger partial charge in [-0.05, 0) is 61.3 Å². The second-order valence-electron chi connectivity index (χ2n) is 8.11. The van der Waals surface area contributed by atoms with Gasteiger partial charge in [0.05, 0.1) is 0 Å². The molecule has 0 spiro atoms. The van der Waals surface area contributed by atoms with E-state index in [0.717, 1.165) is 50.8 Å². The van der Waals surface area contributed by atoms with Gasteiger partial charge in [0.25, 0.3) is 5.91 Å². The number of benzene rings is 2. The van der Waals surface area contributed by atoms with Crippen LogP contribution in [0, 0.1) is 11.8 Å². The third kappa shape index (κ3) is 4.80. The van der Waals surface area contributed by atoms with Crippen LogP contribution < -0.4 is 5.32 Å². The largest absolute Gasteiger partial charge is 0.348 e. The van der Waals surface area contributed by atoms with Gasteiger partial charge in [0.15, 0.2) is 0 Å². The molecule has 1 saturated carbocycles. The summed E-state index contributed by atoms with van der Waals surface area (Å²) in [5, 5.41) is 2.97. The van der Waals surface area contributed by atoms with Crippen LogP contribution in [0.1, 0.15) is 47.2 Å². The molecule has 2 amide bonds. The molecule has 0 bridgehead atoms. The second kappa shape index (κ2) is 8.59. The van der Waals surface area contributed by atoms with Crippen LogP contribution in [0.5, 0.6) is 0 Å². The normalized spacial score (nSPS) is 17.4. The van der Waals surface area contributed by atoms with Gasteiger partial charge < -0.3 is 10.2 Å². The summed E-state index contributed by atoms with van der Waals surface area (Å²) < 4.78 is 0. The first-order valence-electron chi connectivity index (χ1n) is 10.4. The lowest BCUT2D eigenvalue weighted by molar-refractivity contribution is -0.133. The van der Waals surface area contributed by atoms with E-state index in [1.807, 2.05) is 42.5 Å². The molecule has 2 fully saturated rings. The van der Waals surface area contributed by atoms with E-state index >= 15 is 0 Å². The fourth-order valence-electron chi connectivity index (χ4n) is 3.95. The summed E-state index contributed by atoms with van der Waals surface area (Å²) in [5.74, 6) is 1.30. The van der Waals surface area contributed by atoms with Crippen molar-refractivity contribution in [1.82, 2.24) is 10.2 Å². The highest BCUT2D eigenvalue weighted by Gasteiger charge is 2.34. The van der Waals surface area contributed by atoms with Crippen LogP contribution in [-0.2, 0) is 17.8 Å². The van der Waals surface area contributed by atoms with Crippen LogP contribution in [0.3, 0.4) is 0 Å². The van der Waals surface area contributed by atoms with Crippen LogP contribution in [0.4, 0.5) is 0 Å². The van der Waals surface area contributed by atoms with Crippen molar-refractivity contribution in [1.29, 1.82) is 0 Å². The van der Waals surface area contributed by atoms with E-state index in [1.165, 1.54) is 5.56 Å². The maximum absolute atomic E-state index is 12.3. The topological polar surface area (TPSA) is 49.4 Å². The Bertz CT molecular complexity index is 804. The molecule has 1 saturated heterocycles. The van der Waals surface area contributed by atoms with Gasteiger partial charge in [-0.1, -0.05) is 42.5 Å². The lowest BCUT2D eigenvalue weighted by Gasteiger charge is -2.32. The second-order valence-corrected chi connectivity index (χ2v) is 8.11. The lowest BCUT2D eigenvalue weighted by Crippen LogP contribution is -2.39. The molecule has 4 nitrogen and oxygen atoms in total. The highest BCUT2D eigenvalue weighted by molar-refractivity contribution is 5.94. The first-order valence-corrected chi connectivity index (χ1v) is 10.4. The SMILES string of the molecule is O=C(NCc1ccccc1)c1ccc(CC2CCN(C(=O)C3CC3)CC2)cc1. The molecule has 2 aromatic carbocycles. The van der Waals surface area contributed by atoms with Gasteiger partial charge >= 0.3 is 0 Å². The Balaban J connectivity index is 1.24. The van der Waals surface area contributed by atoms with Gasteiger partial charge in [-0.15, -0.1) is 0 Å². The standard InChI is InChI=1S/C24H28N2O2/c27-23(25-17-20-4-2-1-3-5-20)21-8-6-18(7-9-21)16-19-12-14-26(15-13-19)24(28)22-10-11-22/h1-9,19,22H,10-17H2,(H,25,27). The number of piperidine rings is 1. The van der Waals surface area contributed by atoms with Gasteiger partial charge in [0.2, 0.25) is 5.91 Å². The Morgan fingerprint density at radius 3 is 2.18 bits per heavy atom. The summed E-state index contributed by atoms with van der Waals surface area (Å²) in [7, 11) is 0. The molecule has 1 aliphatic carbocycles. The quantitative estimate of drug-likeness (QED) is 0.833. The number of nitrogens with zero attached hydrogens (tertiary/aromatic N) is 1. The van der Waals surface area contributed by atoms with Crippen molar-refractivity contribution >= 4 is 11.8 Å². The summed E-state index contributed by atoms with van der Waals surface area (Å²) >= 11 is 0. The van der Waals surface area contributed by atoms with E-state index in [2.05, 4.69) is 22.3 Å². The summed E-state index contributed by atoms with van der Waals surface area (Å²) in [4.78, 5) is 26.6. The Kier molecular flexibility index (Phi) is 5.75. The third-order valence-corrected chi connectivity index (χ3v) is 5.89. The predicted molar refractivity (Wildman–Crippen MR) is 110 cm³/mol. The zero-order valence-electron chi connectivity index (χ0n) is 16.3. The Labute approximate surface area is 166 Å². The van der Waals surface area contributed by atoms with Crippen molar-refractivity contribution < 1.29 is 9.59 Å². The molecule has 2 aliphatic rings. The third-order valence-electron chi connectivity index (χ3n) is 5.89. The van der Waals surface area contributed by atoms with Crippen LogP contribution >= 0.6 is 0 Å². The fraction of sp³-hybridized carbons (Fsp3) is 0.417. The molecule has 28 heavy (non-hydrogen) atoms. The average Bonchev–Trinajstić information content (AvgIpc) is 3.59. The van der Waals surface area contributed by atoms with Gasteiger partial charge in [-0.25, -0.2) is 0 Å². The monoisotopic (exact) mass is 376 g/mol. The van der Waals surface area contributed by atoms with E-state index in [9.17, 15) is 9.59 Å². The van der Waals surface area contributed by atoms with Crippen LogP contribution in [0.25, 0.3) is 0 Å². The molecule has 0 atom stereocenters. The van der Waals surface area contributed by atoms with E-state index < -0.39 is 0 Å². The van der Waals surface area contributed by atoms with E-state index in [1.54, 1.807) is 0 Å². The number of hydrogen-bond donors (Lipinski definition) is 1. The average molecular weight is 377 g/mol.